The molecule has 0 aliphatic carbocycles. The lowest BCUT2D eigenvalue weighted by Gasteiger charge is -2.22. The maximum atomic E-state index is 13.0. The van der Waals surface area contributed by atoms with Crippen LogP contribution in [0.5, 0.6) is 5.75 Å². The van der Waals surface area contributed by atoms with Gasteiger partial charge >= 0.3 is 6.36 Å². The fourth-order valence-electron chi connectivity index (χ4n) is 5.09. The number of carbonyl (C=O) groups excluding carboxylic acids is 2. The second-order valence-electron chi connectivity index (χ2n) is 11.7. The largest absolute Gasteiger partial charge is 0.573 e. The number of aromatic nitrogens is 3. The molecule has 244 valence electrons. The minimum Gasteiger partial charge on any atom is -0.406 e. The van der Waals surface area contributed by atoms with Crippen LogP contribution in [-0.2, 0) is 9.59 Å². The second kappa shape index (κ2) is 14.4. The molecular weight excluding hydrogens is 627 g/mol. The molecule has 5 rings (SSSR count). The van der Waals surface area contributed by atoms with Gasteiger partial charge in [-0.25, -0.2) is 9.67 Å². The van der Waals surface area contributed by atoms with E-state index in [4.69, 9.17) is 0 Å². The minimum atomic E-state index is -4.76. The second-order valence-corrected chi connectivity index (χ2v) is 12.6. The summed E-state index contributed by atoms with van der Waals surface area (Å²) in [6, 6.07) is 19.0. The number of amidine groups is 1. The zero-order valence-electron chi connectivity index (χ0n) is 26.4. The van der Waals surface area contributed by atoms with E-state index >= 15 is 0 Å². The Labute approximate surface area is 275 Å². The third-order valence-corrected chi connectivity index (χ3v) is 8.30. The molecule has 8 nitrogen and oxygen atoms in total. The van der Waals surface area contributed by atoms with Crippen molar-refractivity contribution in [3.05, 3.63) is 95.8 Å². The van der Waals surface area contributed by atoms with Crippen LogP contribution in [0.2, 0.25) is 0 Å². The van der Waals surface area contributed by atoms with E-state index in [1.54, 1.807) is 4.90 Å². The molecule has 1 aliphatic rings. The summed E-state index contributed by atoms with van der Waals surface area (Å²) >= 11 is 1.29. The molecular formula is C35H34F3N5O3S. The molecule has 0 spiro atoms. The highest BCUT2D eigenvalue weighted by Gasteiger charge is 2.33. The Morgan fingerprint density at radius 1 is 1.09 bits per heavy atom. The summed E-state index contributed by atoms with van der Waals surface area (Å²) in [6.07, 6.45) is 1.58. The Hall–Kier alpha value is -4.71. The van der Waals surface area contributed by atoms with Gasteiger partial charge in [-0.1, -0.05) is 75.0 Å². The number of halogens is 3. The maximum Gasteiger partial charge on any atom is 0.573 e. The van der Waals surface area contributed by atoms with Crippen molar-refractivity contribution in [3.8, 4) is 22.8 Å². The maximum absolute atomic E-state index is 13.0. The van der Waals surface area contributed by atoms with Gasteiger partial charge in [0, 0.05) is 12.0 Å². The summed E-state index contributed by atoms with van der Waals surface area (Å²) in [5, 5.41) is 4.89. The average Bonchev–Trinajstić information content (AvgIpc) is 3.64. The van der Waals surface area contributed by atoms with E-state index in [-0.39, 0.29) is 41.6 Å². The van der Waals surface area contributed by atoms with Crippen molar-refractivity contribution >= 4 is 40.5 Å². The lowest BCUT2D eigenvalue weighted by atomic mass is 9.99. The third kappa shape index (κ3) is 8.76. The molecule has 1 aliphatic heterocycles. The van der Waals surface area contributed by atoms with Gasteiger partial charge in [-0.3, -0.25) is 14.5 Å². The quantitative estimate of drug-likeness (QED) is 0.170. The zero-order chi connectivity index (χ0) is 33.7. The number of benzene rings is 3. The Morgan fingerprint density at radius 2 is 1.85 bits per heavy atom. The van der Waals surface area contributed by atoms with E-state index in [2.05, 4.69) is 33.7 Å². The first-order valence-corrected chi connectivity index (χ1v) is 16.1. The van der Waals surface area contributed by atoms with E-state index < -0.39 is 6.36 Å². The topological polar surface area (TPSA) is 89.7 Å². The Balaban J connectivity index is 1.19. The average molecular weight is 662 g/mol. The molecule has 47 heavy (non-hydrogen) atoms. The first-order chi connectivity index (χ1) is 22.4. The fraction of sp³-hybridized carbons (Fsp3) is 0.286. The smallest absolute Gasteiger partial charge is 0.406 e. The van der Waals surface area contributed by atoms with Crippen LogP contribution in [0, 0.1) is 12.8 Å². The molecule has 1 atom stereocenters. The Bertz CT molecular complexity index is 1820. The first kappa shape index (κ1) is 33.6. The SMILES string of the molecule is Cc1ccc(C(C)C)c(N2C(=O)CSC2=NC(=O)CC(C)C/C=C/c2cccc(-c3ncn(-c4ccc(OC(F)(F)F)cc4)n3)c2)c1. The lowest BCUT2D eigenvalue weighted by molar-refractivity contribution is -0.274. The Kier molecular flexibility index (Phi) is 10.3. The molecule has 2 heterocycles. The summed E-state index contributed by atoms with van der Waals surface area (Å²) in [5.41, 5.74) is 5.07. The lowest BCUT2D eigenvalue weighted by Crippen LogP contribution is -2.31. The van der Waals surface area contributed by atoms with Gasteiger partial charge in [0.15, 0.2) is 11.0 Å². The summed E-state index contributed by atoms with van der Waals surface area (Å²) in [4.78, 5) is 36.1. The molecule has 1 unspecified atom stereocenters. The van der Waals surface area contributed by atoms with Gasteiger partial charge in [-0.05, 0) is 78.3 Å². The monoisotopic (exact) mass is 661 g/mol. The normalized spacial score (nSPS) is 15.3. The van der Waals surface area contributed by atoms with E-state index in [0.717, 1.165) is 27.9 Å². The van der Waals surface area contributed by atoms with Crippen molar-refractivity contribution in [2.24, 2.45) is 10.9 Å². The van der Waals surface area contributed by atoms with Crippen LogP contribution in [0.25, 0.3) is 23.2 Å². The predicted molar refractivity (Wildman–Crippen MR) is 179 cm³/mol. The summed E-state index contributed by atoms with van der Waals surface area (Å²) in [6.45, 7) is 8.11. The minimum absolute atomic E-state index is 0.0253. The number of hydrogen-bond acceptors (Lipinski definition) is 6. The van der Waals surface area contributed by atoms with Crippen LogP contribution >= 0.6 is 11.8 Å². The number of nitrogens with zero attached hydrogens (tertiary/aromatic N) is 5. The number of allylic oxidation sites excluding steroid dienone is 1. The van der Waals surface area contributed by atoms with Gasteiger partial charge in [-0.15, -0.1) is 18.3 Å². The summed E-state index contributed by atoms with van der Waals surface area (Å²) in [7, 11) is 0. The summed E-state index contributed by atoms with van der Waals surface area (Å²) < 4.78 is 42.7. The number of aryl methyl sites for hydroxylation is 1. The number of aliphatic imine (C=N–C) groups is 1. The van der Waals surface area contributed by atoms with Gasteiger partial charge < -0.3 is 4.74 Å². The van der Waals surface area contributed by atoms with Gasteiger partial charge in [0.1, 0.15) is 12.1 Å². The summed E-state index contributed by atoms with van der Waals surface area (Å²) in [5.74, 6) is 0.273. The number of rotatable bonds is 10. The van der Waals surface area contributed by atoms with Crippen LogP contribution in [0.3, 0.4) is 0 Å². The molecule has 0 saturated carbocycles. The zero-order valence-corrected chi connectivity index (χ0v) is 27.2. The van der Waals surface area contributed by atoms with E-state index in [0.29, 0.717) is 23.1 Å². The van der Waals surface area contributed by atoms with Crippen LogP contribution in [0.4, 0.5) is 18.9 Å². The van der Waals surface area contributed by atoms with Crippen molar-refractivity contribution in [2.75, 3.05) is 10.7 Å². The van der Waals surface area contributed by atoms with Crippen molar-refractivity contribution in [3.63, 3.8) is 0 Å². The predicted octanol–water partition coefficient (Wildman–Crippen LogP) is 8.36. The van der Waals surface area contributed by atoms with Crippen LogP contribution in [0.1, 0.15) is 56.2 Å². The third-order valence-electron chi connectivity index (χ3n) is 7.38. The van der Waals surface area contributed by atoms with Crippen LogP contribution < -0.4 is 9.64 Å². The molecule has 0 radical (unpaired) electrons. The van der Waals surface area contributed by atoms with Gasteiger partial charge in [0.05, 0.1) is 17.1 Å². The van der Waals surface area contributed by atoms with E-state index in [1.807, 2.05) is 68.5 Å². The highest BCUT2D eigenvalue weighted by atomic mass is 32.2. The van der Waals surface area contributed by atoms with Gasteiger partial charge in [-0.2, -0.15) is 4.99 Å². The molecule has 12 heteroatoms. The fourth-order valence-corrected chi connectivity index (χ4v) is 5.97. The van der Waals surface area contributed by atoms with E-state index in [1.165, 1.54) is 47.0 Å². The molecule has 0 N–H and O–H groups in total. The van der Waals surface area contributed by atoms with Crippen molar-refractivity contribution in [2.45, 2.75) is 52.8 Å². The number of amides is 2. The Morgan fingerprint density at radius 3 is 2.57 bits per heavy atom. The standard InChI is InChI=1S/C35H34F3N5O3S/c1-22(2)29-16-11-24(4)17-30(29)43-32(45)20-47-34(43)40-31(44)18-23(3)7-5-8-25-9-6-10-26(19-25)33-39-21-42(41-33)27-12-14-28(15-13-27)46-35(36,37)38/h5-6,8-17,19,21-23H,7,18,20H2,1-4H3/b8-5+,40-34?. The number of ether oxygens (including phenoxy) is 1. The number of hydrogen-bond donors (Lipinski definition) is 0. The number of alkyl halides is 3. The highest BCUT2D eigenvalue weighted by molar-refractivity contribution is 8.15. The number of anilines is 1. The van der Waals surface area contributed by atoms with Gasteiger partial charge in [0.25, 0.3) is 0 Å². The molecule has 1 fully saturated rings. The van der Waals surface area contributed by atoms with Crippen molar-refractivity contribution < 1.29 is 27.5 Å². The molecule has 1 aromatic heterocycles. The number of thioether (sulfide) groups is 1. The van der Waals surface area contributed by atoms with Gasteiger partial charge in [0.2, 0.25) is 11.8 Å². The van der Waals surface area contributed by atoms with E-state index in [9.17, 15) is 22.8 Å². The molecule has 3 aromatic carbocycles. The molecule has 2 amide bonds. The number of carbonyl (C=O) groups is 2. The molecule has 0 bridgehead atoms. The van der Waals surface area contributed by atoms with Crippen molar-refractivity contribution in [1.82, 2.24) is 14.8 Å². The van der Waals surface area contributed by atoms with Crippen molar-refractivity contribution in [1.29, 1.82) is 0 Å². The molecule has 4 aromatic rings. The molecule has 1 saturated heterocycles. The van der Waals surface area contributed by atoms with Crippen LogP contribution in [0.15, 0.2) is 84.1 Å². The van der Waals surface area contributed by atoms with Crippen LogP contribution in [-0.4, -0.2) is 43.9 Å². The first-order valence-electron chi connectivity index (χ1n) is 15.1. The highest BCUT2D eigenvalue weighted by Crippen LogP contribution is 2.34.